The minimum absolute atomic E-state index is 0. The highest BCUT2D eigenvalue weighted by atomic mass is 127. The SMILES string of the molecule is Cl.N=C(N)c1ncc(I)cc1F. The topological polar surface area (TPSA) is 62.8 Å². The molecule has 1 rings (SSSR count). The van der Waals surface area contributed by atoms with E-state index in [1.54, 1.807) is 0 Å². The zero-order valence-electron chi connectivity index (χ0n) is 5.84. The molecule has 1 aromatic heterocycles. The lowest BCUT2D eigenvalue weighted by Gasteiger charge is -1.98. The molecule has 12 heavy (non-hydrogen) atoms. The van der Waals surface area contributed by atoms with E-state index in [4.69, 9.17) is 11.1 Å². The summed E-state index contributed by atoms with van der Waals surface area (Å²) in [6.45, 7) is 0. The maximum Gasteiger partial charge on any atom is 0.153 e. The summed E-state index contributed by atoms with van der Waals surface area (Å²) >= 11 is 1.93. The fourth-order valence-electron chi connectivity index (χ4n) is 0.613. The van der Waals surface area contributed by atoms with Crippen molar-refractivity contribution in [3.8, 4) is 0 Å². The number of aromatic nitrogens is 1. The molecule has 0 amide bonds. The molecule has 6 heteroatoms. The van der Waals surface area contributed by atoms with Crippen LogP contribution in [0.4, 0.5) is 4.39 Å². The van der Waals surface area contributed by atoms with Gasteiger partial charge in [-0.05, 0) is 28.7 Å². The monoisotopic (exact) mass is 301 g/mol. The van der Waals surface area contributed by atoms with Crippen LogP contribution in [0.2, 0.25) is 0 Å². The van der Waals surface area contributed by atoms with Crippen LogP contribution in [0.5, 0.6) is 0 Å². The average Bonchev–Trinajstić information content (AvgIpc) is 1.85. The van der Waals surface area contributed by atoms with Gasteiger partial charge in [-0.1, -0.05) is 0 Å². The van der Waals surface area contributed by atoms with Crippen molar-refractivity contribution in [3.05, 3.63) is 27.3 Å². The Hall–Kier alpha value is -0.430. The van der Waals surface area contributed by atoms with E-state index >= 15 is 0 Å². The minimum Gasteiger partial charge on any atom is -0.382 e. The van der Waals surface area contributed by atoms with Gasteiger partial charge in [-0.3, -0.25) is 5.41 Å². The first-order valence-electron chi connectivity index (χ1n) is 2.76. The van der Waals surface area contributed by atoms with Crippen molar-refractivity contribution >= 4 is 40.8 Å². The number of nitrogen functional groups attached to an aromatic ring is 1. The van der Waals surface area contributed by atoms with Crippen molar-refractivity contribution in [1.82, 2.24) is 4.98 Å². The number of rotatable bonds is 1. The Morgan fingerprint density at radius 3 is 2.67 bits per heavy atom. The summed E-state index contributed by atoms with van der Waals surface area (Å²) < 4.78 is 13.5. The predicted octanol–water partition coefficient (Wildman–Crippen LogP) is 1.53. The van der Waals surface area contributed by atoms with Gasteiger partial charge in [-0.25, -0.2) is 9.37 Å². The fraction of sp³-hybridized carbons (Fsp3) is 0. The number of nitrogens with two attached hydrogens (primary N) is 1. The Bertz CT molecular complexity index is 305. The van der Waals surface area contributed by atoms with Gasteiger partial charge in [-0.15, -0.1) is 12.4 Å². The summed E-state index contributed by atoms with van der Waals surface area (Å²) in [6, 6.07) is 1.28. The first-order chi connectivity index (χ1) is 5.11. The molecular formula is C6H6ClFIN3. The zero-order chi connectivity index (χ0) is 8.43. The van der Waals surface area contributed by atoms with Crippen molar-refractivity contribution in [2.75, 3.05) is 0 Å². The minimum atomic E-state index is -0.551. The van der Waals surface area contributed by atoms with E-state index in [0.717, 1.165) is 0 Å². The molecule has 0 aliphatic heterocycles. The molecule has 0 aromatic carbocycles. The molecule has 1 aromatic rings. The summed E-state index contributed by atoms with van der Waals surface area (Å²) in [7, 11) is 0. The predicted molar refractivity (Wildman–Crippen MR) is 55.2 cm³/mol. The highest BCUT2D eigenvalue weighted by molar-refractivity contribution is 14.1. The molecule has 0 spiro atoms. The molecule has 0 bridgehead atoms. The third kappa shape index (κ3) is 2.56. The molecule has 0 saturated carbocycles. The van der Waals surface area contributed by atoms with E-state index in [2.05, 4.69) is 4.98 Å². The maximum absolute atomic E-state index is 12.8. The number of amidine groups is 1. The largest absolute Gasteiger partial charge is 0.382 e. The number of pyridine rings is 1. The Morgan fingerprint density at radius 1 is 1.67 bits per heavy atom. The Kier molecular flexibility index (Phi) is 4.40. The zero-order valence-corrected chi connectivity index (χ0v) is 8.82. The molecule has 0 saturated heterocycles. The van der Waals surface area contributed by atoms with E-state index < -0.39 is 5.82 Å². The fourth-order valence-corrected chi connectivity index (χ4v) is 1.03. The number of nitrogens with zero attached hydrogens (tertiary/aromatic N) is 1. The first kappa shape index (κ1) is 11.6. The van der Waals surface area contributed by atoms with Crippen LogP contribution in [0.25, 0.3) is 0 Å². The second-order valence-electron chi connectivity index (χ2n) is 1.90. The van der Waals surface area contributed by atoms with Crippen LogP contribution in [0.15, 0.2) is 12.3 Å². The molecule has 0 aliphatic carbocycles. The number of halogens is 3. The summed E-state index contributed by atoms with van der Waals surface area (Å²) in [5, 5.41) is 6.92. The molecule has 3 N–H and O–H groups in total. The van der Waals surface area contributed by atoms with Crippen LogP contribution in [0, 0.1) is 14.8 Å². The molecule has 1 heterocycles. The third-order valence-corrected chi connectivity index (χ3v) is 1.65. The Labute approximate surface area is 88.6 Å². The Balaban J connectivity index is 0.00000121. The highest BCUT2D eigenvalue weighted by Crippen LogP contribution is 2.07. The first-order valence-corrected chi connectivity index (χ1v) is 3.84. The normalized spacial score (nSPS) is 8.83. The lowest BCUT2D eigenvalue weighted by atomic mass is 10.3. The number of hydrogen-bond acceptors (Lipinski definition) is 2. The van der Waals surface area contributed by atoms with E-state index in [1.165, 1.54) is 12.3 Å². The van der Waals surface area contributed by atoms with Crippen molar-refractivity contribution in [3.63, 3.8) is 0 Å². The van der Waals surface area contributed by atoms with Crippen LogP contribution in [-0.2, 0) is 0 Å². The lowest BCUT2D eigenvalue weighted by Crippen LogP contribution is -2.15. The van der Waals surface area contributed by atoms with E-state index in [9.17, 15) is 4.39 Å². The van der Waals surface area contributed by atoms with Gasteiger partial charge in [-0.2, -0.15) is 0 Å². The smallest absolute Gasteiger partial charge is 0.153 e. The van der Waals surface area contributed by atoms with Gasteiger partial charge in [0.05, 0.1) is 0 Å². The van der Waals surface area contributed by atoms with Crippen LogP contribution >= 0.6 is 35.0 Å². The van der Waals surface area contributed by atoms with Gasteiger partial charge in [0, 0.05) is 9.77 Å². The summed E-state index contributed by atoms with van der Waals surface area (Å²) in [4.78, 5) is 3.65. The number of nitrogens with one attached hydrogen (secondary N) is 1. The second-order valence-corrected chi connectivity index (χ2v) is 3.14. The van der Waals surface area contributed by atoms with Gasteiger partial charge in [0.15, 0.2) is 5.82 Å². The quantitative estimate of drug-likeness (QED) is 0.469. The van der Waals surface area contributed by atoms with Gasteiger partial charge in [0.1, 0.15) is 11.5 Å². The number of hydrogen-bond donors (Lipinski definition) is 2. The molecular weight excluding hydrogens is 295 g/mol. The molecule has 3 nitrogen and oxygen atoms in total. The van der Waals surface area contributed by atoms with Gasteiger partial charge >= 0.3 is 0 Å². The molecule has 0 fully saturated rings. The van der Waals surface area contributed by atoms with Crippen LogP contribution < -0.4 is 5.73 Å². The molecule has 0 aliphatic rings. The van der Waals surface area contributed by atoms with Gasteiger partial charge in [0.25, 0.3) is 0 Å². The van der Waals surface area contributed by atoms with E-state index in [0.29, 0.717) is 3.57 Å². The van der Waals surface area contributed by atoms with E-state index in [1.807, 2.05) is 22.6 Å². The van der Waals surface area contributed by atoms with E-state index in [-0.39, 0.29) is 23.9 Å². The van der Waals surface area contributed by atoms with Crippen LogP contribution in [-0.4, -0.2) is 10.8 Å². The molecule has 66 valence electrons. The average molecular weight is 301 g/mol. The van der Waals surface area contributed by atoms with Crippen LogP contribution in [0.1, 0.15) is 5.69 Å². The molecule has 0 atom stereocenters. The summed E-state index contributed by atoms with van der Waals surface area (Å²) in [5.74, 6) is -0.900. The van der Waals surface area contributed by atoms with Crippen molar-refractivity contribution in [2.45, 2.75) is 0 Å². The second kappa shape index (κ2) is 4.56. The lowest BCUT2D eigenvalue weighted by molar-refractivity contribution is 0.616. The summed E-state index contributed by atoms with van der Waals surface area (Å²) in [5.41, 5.74) is 4.95. The molecule has 0 unspecified atom stereocenters. The maximum atomic E-state index is 12.8. The third-order valence-electron chi connectivity index (χ3n) is 1.06. The highest BCUT2D eigenvalue weighted by Gasteiger charge is 2.05. The van der Waals surface area contributed by atoms with Gasteiger partial charge in [0.2, 0.25) is 0 Å². The summed E-state index contributed by atoms with van der Waals surface area (Å²) in [6.07, 6.45) is 1.46. The van der Waals surface area contributed by atoms with Crippen molar-refractivity contribution in [2.24, 2.45) is 5.73 Å². The standard InChI is InChI=1S/C6H5FIN3.ClH/c7-4-1-3(8)2-11-5(4)6(9)10;/h1-2H,(H3,9,10);1H. The van der Waals surface area contributed by atoms with Crippen molar-refractivity contribution in [1.29, 1.82) is 5.41 Å². The van der Waals surface area contributed by atoms with Crippen molar-refractivity contribution < 1.29 is 4.39 Å². The molecule has 0 radical (unpaired) electrons. The Morgan fingerprint density at radius 2 is 2.25 bits per heavy atom. The van der Waals surface area contributed by atoms with Crippen LogP contribution in [0.3, 0.4) is 0 Å². The van der Waals surface area contributed by atoms with Gasteiger partial charge < -0.3 is 5.73 Å².